The molecule has 7 heteroatoms. The van der Waals surface area contributed by atoms with Crippen molar-refractivity contribution in [1.29, 1.82) is 0 Å². The van der Waals surface area contributed by atoms with Crippen LogP contribution in [0.15, 0.2) is 28.7 Å². The van der Waals surface area contributed by atoms with Crippen molar-refractivity contribution in [2.75, 3.05) is 5.75 Å². The highest BCUT2D eigenvalue weighted by molar-refractivity contribution is 7.99. The Morgan fingerprint density at radius 2 is 2.04 bits per heavy atom. The SMILES string of the molecule is Cc1cc(C(=O)CSc2nnc(Cc3cccs3)n2C)c(C)n1C. The van der Waals surface area contributed by atoms with E-state index in [0.29, 0.717) is 5.75 Å². The number of hydrogen-bond donors (Lipinski definition) is 0. The molecule has 0 aliphatic carbocycles. The highest BCUT2D eigenvalue weighted by Gasteiger charge is 2.16. The lowest BCUT2D eigenvalue weighted by Crippen LogP contribution is -2.06. The smallest absolute Gasteiger partial charge is 0.191 e. The molecule has 0 radical (unpaired) electrons. The molecule has 3 rings (SSSR count). The summed E-state index contributed by atoms with van der Waals surface area (Å²) >= 11 is 3.15. The highest BCUT2D eigenvalue weighted by atomic mass is 32.2. The van der Waals surface area contributed by atoms with E-state index in [1.165, 1.54) is 16.6 Å². The number of carbonyl (C=O) groups is 1. The summed E-state index contributed by atoms with van der Waals surface area (Å²) in [6, 6.07) is 6.09. The highest BCUT2D eigenvalue weighted by Crippen LogP contribution is 2.22. The van der Waals surface area contributed by atoms with Gasteiger partial charge in [0.1, 0.15) is 5.82 Å². The summed E-state index contributed by atoms with van der Waals surface area (Å²) in [4.78, 5) is 13.7. The average Bonchev–Trinajstić information content (AvgIpc) is 3.25. The molecule has 0 atom stereocenters. The molecule has 0 spiro atoms. The summed E-state index contributed by atoms with van der Waals surface area (Å²) in [5.74, 6) is 1.41. The second-order valence-corrected chi connectivity index (χ2v) is 7.74. The first-order valence-corrected chi connectivity index (χ1v) is 9.53. The van der Waals surface area contributed by atoms with Crippen LogP contribution in [0.25, 0.3) is 0 Å². The molecule has 0 bridgehead atoms. The maximum Gasteiger partial charge on any atom is 0.191 e. The molecule has 24 heavy (non-hydrogen) atoms. The number of aryl methyl sites for hydroxylation is 1. The molecule has 0 unspecified atom stereocenters. The molecule has 0 saturated carbocycles. The zero-order valence-corrected chi connectivity index (χ0v) is 15.9. The fourth-order valence-electron chi connectivity index (χ4n) is 2.54. The van der Waals surface area contributed by atoms with Crippen molar-refractivity contribution >= 4 is 28.9 Å². The van der Waals surface area contributed by atoms with Crippen LogP contribution in [0.5, 0.6) is 0 Å². The molecule has 3 aromatic rings. The zero-order chi connectivity index (χ0) is 17.3. The summed E-state index contributed by atoms with van der Waals surface area (Å²) in [6.07, 6.45) is 0.770. The van der Waals surface area contributed by atoms with Crippen LogP contribution in [-0.2, 0) is 20.5 Å². The topological polar surface area (TPSA) is 52.7 Å². The average molecular weight is 361 g/mol. The van der Waals surface area contributed by atoms with E-state index in [-0.39, 0.29) is 5.78 Å². The predicted molar refractivity (Wildman–Crippen MR) is 98.1 cm³/mol. The van der Waals surface area contributed by atoms with Gasteiger partial charge in [-0.3, -0.25) is 4.79 Å². The number of ketones is 1. The molecule has 0 fully saturated rings. The van der Waals surface area contributed by atoms with Gasteiger partial charge in [0, 0.05) is 42.3 Å². The Morgan fingerprint density at radius 3 is 2.67 bits per heavy atom. The van der Waals surface area contributed by atoms with E-state index in [1.807, 2.05) is 49.2 Å². The lowest BCUT2D eigenvalue weighted by atomic mass is 10.2. The third-order valence-corrected chi connectivity index (χ3v) is 6.14. The molecule has 0 saturated heterocycles. The number of nitrogens with zero attached hydrogens (tertiary/aromatic N) is 4. The van der Waals surface area contributed by atoms with Crippen LogP contribution in [-0.4, -0.2) is 30.9 Å². The fraction of sp³-hybridized carbons (Fsp3) is 0.353. The van der Waals surface area contributed by atoms with Crippen molar-refractivity contribution in [2.45, 2.75) is 25.4 Å². The Bertz CT molecular complexity index is 862. The minimum Gasteiger partial charge on any atom is -0.351 e. The van der Waals surface area contributed by atoms with E-state index >= 15 is 0 Å². The first kappa shape index (κ1) is 17.0. The van der Waals surface area contributed by atoms with Gasteiger partial charge in [-0.15, -0.1) is 21.5 Å². The van der Waals surface area contributed by atoms with E-state index < -0.39 is 0 Å². The first-order valence-electron chi connectivity index (χ1n) is 7.67. The Labute approximate surface area is 149 Å². The first-order chi connectivity index (χ1) is 11.5. The van der Waals surface area contributed by atoms with Crippen LogP contribution in [0.4, 0.5) is 0 Å². The van der Waals surface area contributed by atoms with Crippen molar-refractivity contribution in [2.24, 2.45) is 14.1 Å². The number of aromatic nitrogens is 4. The van der Waals surface area contributed by atoms with Crippen LogP contribution in [0.1, 0.15) is 32.4 Å². The molecule has 0 aliphatic heterocycles. The van der Waals surface area contributed by atoms with E-state index in [9.17, 15) is 4.79 Å². The van der Waals surface area contributed by atoms with Gasteiger partial charge in [0.05, 0.1) is 5.75 Å². The minimum atomic E-state index is 0.129. The van der Waals surface area contributed by atoms with Crippen LogP contribution >= 0.6 is 23.1 Å². The largest absolute Gasteiger partial charge is 0.351 e. The number of rotatable bonds is 6. The Kier molecular flexibility index (Phi) is 4.91. The molecular weight excluding hydrogens is 340 g/mol. The summed E-state index contributed by atoms with van der Waals surface area (Å²) < 4.78 is 4.01. The zero-order valence-electron chi connectivity index (χ0n) is 14.2. The minimum absolute atomic E-state index is 0.129. The van der Waals surface area contributed by atoms with Gasteiger partial charge in [0.25, 0.3) is 0 Å². The second kappa shape index (κ2) is 6.94. The Morgan fingerprint density at radius 1 is 1.25 bits per heavy atom. The van der Waals surface area contributed by atoms with Gasteiger partial charge in [0.15, 0.2) is 10.9 Å². The monoisotopic (exact) mass is 360 g/mol. The van der Waals surface area contributed by atoms with Crippen LogP contribution in [0.2, 0.25) is 0 Å². The number of hydrogen-bond acceptors (Lipinski definition) is 5. The number of thioether (sulfide) groups is 1. The van der Waals surface area contributed by atoms with Gasteiger partial charge < -0.3 is 9.13 Å². The summed E-state index contributed by atoms with van der Waals surface area (Å²) in [5, 5.41) is 11.3. The van der Waals surface area contributed by atoms with Crippen LogP contribution in [0.3, 0.4) is 0 Å². The maximum absolute atomic E-state index is 12.5. The fourth-order valence-corrected chi connectivity index (χ4v) is 4.05. The molecule has 0 aromatic carbocycles. The van der Waals surface area contributed by atoms with Crippen molar-refractivity contribution < 1.29 is 4.79 Å². The maximum atomic E-state index is 12.5. The summed E-state index contributed by atoms with van der Waals surface area (Å²) in [7, 11) is 3.93. The summed E-state index contributed by atoms with van der Waals surface area (Å²) in [6.45, 7) is 3.99. The second-order valence-electron chi connectivity index (χ2n) is 5.77. The van der Waals surface area contributed by atoms with Crippen LogP contribution in [0, 0.1) is 13.8 Å². The van der Waals surface area contributed by atoms with E-state index in [2.05, 4.69) is 21.6 Å². The van der Waals surface area contributed by atoms with Gasteiger partial charge in [-0.05, 0) is 31.4 Å². The van der Waals surface area contributed by atoms with Gasteiger partial charge in [-0.25, -0.2) is 0 Å². The molecule has 0 aliphatic rings. The van der Waals surface area contributed by atoms with Gasteiger partial charge in [-0.1, -0.05) is 17.8 Å². The lowest BCUT2D eigenvalue weighted by molar-refractivity contribution is 0.102. The van der Waals surface area contributed by atoms with Crippen LogP contribution < -0.4 is 0 Å². The molecule has 3 aromatic heterocycles. The van der Waals surface area contributed by atoms with Crippen molar-refractivity contribution in [3.63, 3.8) is 0 Å². The molecule has 5 nitrogen and oxygen atoms in total. The van der Waals surface area contributed by atoms with Gasteiger partial charge in [0.2, 0.25) is 0 Å². The Balaban J connectivity index is 1.67. The Hall–Kier alpha value is -1.86. The number of Topliss-reactive ketones (excluding diaryl/α,β-unsaturated/α-hetero) is 1. The quantitative estimate of drug-likeness (QED) is 0.499. The van der Waals surface area contributed by atoms with E-state index in [0.717, 1.165) is 34.4 Å². The number of carbonyl (C=O) groups excluding carboxylic acids is 1. The predicted octanol–water partition coefficient (Wildman–Crippen LogP) is 3.40. The van der Waals surface area contributed by atoms with E-state index in [1.54, 1.807) is 11.3 Å². The van der Waals surface area contributed by atoms with Gasteiger partial charge in [-0.2, -0.15) is 0 Å². The van der Waals surface area contributed by atoms with E-state index in [4.69, 9.17) is 0 Å². The third kappa shape index (κ3) is 3.32. The van der Waals surface area contributed by atoms with Crippen molar-refractivity contribution in [3.05, 3.63) is 51.2 Å². The number of thiophene rings is 1. The molecule has 0 N–H and O–H groups in total. The van der Waals surface area contributed by atoms with Crippen molar-refractivity contribution in [3.8, 4) is 0 Å². The van der Waals surface area contributed by atoms with Gasteiger partial charge >= 0.3 is 0 Å². The third-order valence-electron chi connectivity index (χ3n) is 4.25. The standard InChI is InChI=1S/C17H20N4OS2/c1-11-8-14(12(2)20(11)3)15(22)10-24-17-19-18-16(21(17)4)9-13-6-5-7-23-13/h5-8H,9-10H2,1-4H3. The molecule has 0 amide bonds. The molecular formula is C17H20N4OS2. The summed E-state index contributed by atoms with van der Waals surface area (Å²) in [5.41, 5.74) is 2.90. The molecule has 126 valence electrons. The lowest BCUT2D eigenvalue weighted by Gasteiger charge is -2.04. The molecule has 3 heterocycles. The van der Waals surface area contributed by atoms with Crippen molar-refractivity contribution in [1.82, 2.24) is 19.3 Å². The normalized spacial score (nSPS) is 11.2.